The molecule has 170 valence electrons. The van der Waals surface area contributed by atoms with Crippen LogP contribution in [0.1, 0.15) is 51.4 Å². The summed E-state index contributed by atoms with van der Waals surface area (Å²) in [6.07, 6.45) is 0. The van der Waals surface area contributed by atoms with E-state index in [2.05, 4.69) is 21.8 Å². The second-order valence-corrected chi connectivity index (χ2v) is 8.39. The minimum absolute atomic E-state index is 0.0465. The number of H-pyrrole nitrogens is 1. The van der Waals surface area contributed by atoms with Gasteiger partial charge in [0.2, 0.25) is 0 Å². The zero-order valence-corrected chi connectivity index (χ0v) is 19.7. The Bertz CT molecular complexity index is 1400. The molecule has 1 unspecified atom stereocenters. The maximum Gasteiger partial charge on any atom is 0.254 e. The van der Waals surface area contributed by atoms with Gasteiger partial charge in [-0.1, -0.05) is 36.4 Å². The van der Waals surface area contributed by atoms with Crippen molar-refractivity contribution >= 4 is 16.8 Å². The van der Waals surface area contributed by atoms with Crippen LogP contribution in [0.25, 0.3) is 10.9 Å². The van der Waals surface area contributed by atoms with Crippen LogP contribution in [0.4, 0.5) is 0 Å². The Labute approximate surface area is 193 Å². The molecular weight excluding hydrogens is 414 g/mol. The van der Waals surface area contributed by atoms with Gasteiger partial charge >= 0.3 is 0 Å². The van der Waals surface area contributed by atoms with Gasteiger partial charge in [0.25, 0.3) is 11.5 Å². The first-order valence-corrected chi connectivity index (χ1v) is 11.0. The SMILES string of the molecule is COc1ccccc1C(C)n1c(C)c(C(=O)NCc2c(C)cc(C)[nH]c2=O)c2ccccc21. The molecule has 0 aliphatic heterocycles. The molecule has 0 aliphatic carbocycles. The first kappa shape index (κ1) is 22.4. The lowest BCUT2D eigenvalue weighted by atomic mass is 10.1. The van der Waals surface area contributed by atoms with Crippen LogP contribution in [0.5, 0.6) is 5.75 Å². The number of hydrogen-bond acceptors (Lipinski definition) is 3. The summed E-state index contributed by atoms with van der Waals surface area (Å²) in [7, 11) is 1.67. The van der Waals surface area contributed by atoms with Gasteiger partial charge in [0.05, 0.1) is 18.7 Å². The van der Waals surface area contributed by atoms with E-state index in [0.717, 1.165) is 39.2 Å². The molecule has 0 bridgehead atoms. The molecule has 0 radical (unpaired) electrons. The van der Waals surface area contributed by atoms with E-state index in [9.17, 15) is 9.59 Å². The Morgan fingerprint density at radius 2 is 1.79 bits per heavy atom. The highest BCUT2D eigenvalue weighted by Crippen LogP contribution is 2.35. The molecule has 0 fully saturated rings. The van der Waals surface area contributed by atoms with Gasteiger partial charge in [-0.2, -0.15) is 0 Å². The van der Waals surface area contributed by atoms with Gasteiger partial charge in [0.1, 0.15) is 5.75 Å². The van der Waals surface area contributed by atoms with Crippen molar-refractivity contribution in [1.29, 1.82) is 0 Å². The van der Waals surface area contributed by atoms with Crippen LogP contribution in [0.15, 0.2) is 59.4 Å². The molecule has 0 saturated carbocycles. The van der Waals surface area contributed by atoms with E-state index in [0.29, 0.717) is 11.1 Å². The van der Waals surface area contributed by atoms with Crippen molar-refractivity contribution < 1.29 is 9.53 Å². The van der Waals surface area contributed by atoms with Crippen LogP contribution >= 0.6 is 0 Å². The van der Waals surface area contributed by atoms with Gasteiger partial charge in [-0.05, 0) is 51.5 Å². The Balaban J connectivity index is 1.75. The summed E-state index contributed by atoms with van der Waals surface area (Å²) in [5.41, 5.74) is 5.56. The standard InChI is InChI=1S/C27H29N3O3/c1-16-14-17(2)29-26(31)22(16)15-28-27(32)25-19(4)30(23-12-8-6-11-21(23)25)18(3)20-10-7-9-13-24(20)33-5/h6-14,18H,15H2,1-5H3,(H,28,32)(H,29,31). The molecule has 6 heteroatoms. The molecule has 33 heavy (non-hydrogen) atoms. The maximum absolute atomic E-state index is 13.4. The molecule has 2 aromatic heterocycles. The van der Waals surface area contributed by atoms with Crippen LogP contribution in [-0.2, 0) is 6.54 Å². The highest BCUT2D eigenvalue weighted by molar-refractivity contribution is 6.08. The number of ether oxygens (including phenoxy) is 1. The number of carbonyl (C=O) groups is 1. The number of aryl methyl sites for hydroxylation is 2. The van der Waals surface area contributed by atoms with E-state index in [1.165, 1.54) is 0 Å². The number of amides is 1. The minimum Gasteiger partial charge on any atom is -0.496 e. The summed E-state index contributed by atoms with van der Waals surface area (Å²) in [6, 6.07) is 17.7. The summed E-state index contributed by atoms with van der Waals surface area (Å²) in [5.74, 6) is 0.608. The van der Waals surface area contributed by atoms with Gasteiger partial charge in [0.15, 0.2) is 0 Å². The van der Waals surface area contributed by atoms with E-state index in [1.54, 1.807) is 7.11 Å². The van der Waals surface area contributed by atoms with Crippen LogP contribution in [0.2, 0.25) is 0 Å². The van der Waals surface area contributed by atoms with Crippen molar-refractivity contribution in [2.75, 3.05) is 7.11 Å². The fourth-order valence-electron chi connectivity index (χ4n) is 4.69. The van der Waals surface area contributed by atoms with Crippen molar-refractivity contribution in [3.8, 4) is 5.75 Å². The molecule has 2 N–H and O–H groups in total. The van der Waals surface area contributed by atoms with E-state index in [1.807, 2.05) is 75.4 Å². The molecule has 1 atom stereocenters. The number of fused-ring (bicyclic) bond motifs is 1. The predicted molar refractivity (Wildman–Crippen MR) is 131 cm³/mol. The quantitative estimate of drug-likeness (QED) is 0.449. The van der Waals surface area contributed by atoms with Crippen LogP contribution in [0.3, 0.4) is 0 Å². The summed E-state index contributed by atoms with van der Waals surface area (Å²) in [4.78, 5) is 28.6. The largest absolute Gasteiger partial charge is 0.496 e. The zero-order chi connectivity index (χ0) is 23.7. The number of methoxy groups -OCH3 is 1. The third kappa shape index (κ3) is 4.04. The third-order valence-electron chi connectivity index (χ3n) is 6.28. The second kappa shape index (κ2) is 8.98. The number of para-hydroxylation sites is 2. The van der Waals surface area contributed by atoms with Crippen molar-refractivity contribution in [1.82, 2.24) is 14.9 Å². The lowest BCUT2D eigenvalue weighted by molar-refractivity contribution is 0.0951. The lowest BCUT2D eigenvalue weighted by Crippen LogP contribution is -2.28. The number of nitrogens with zero attached hydrogens (tertiary/aromatic N) is 1. The van der Waals surface area contributed by atoms with E-state index < -0.39 is 0 Å². The number of hydrogen-bond donors (Lipinski definition) is 2. The molecule has 0 spiro atoms. The fourth-order valence-corrected chi connectivity index (χ4v) is 4.69. The van der Waals surface area contributed by atoms with Gasteiger partial charge in [0, 0.05) is 40.0 Å². The van der Waals surface area contributed by atoms with E-state index >= 15 is 0 Å². The molecule has 4 aromatic rings. The number of pyridine rings is 1. The molecule has 0 aliphatic rings. The summed E-state index contributed by atoms with van der Waals surface area (Å²) < 4.78 is 7.76. The maximum atomic E-state index is 13.4. The number of nitrogens with one attached hydrogen (secondary N) is 2. The van der Waals surface area contributed by atoms with Crippen LogP contribution < -0.4 is 15.6 Å². The van der Waals surface area contributed by atoms with Gasteiger partial charge in [-0.15, -0.1) is 0 Å². The molecule has 6 nitrogen and oxygen atoms in total. The molecule has 4 rings (SSSR count). The molecular formula is C27H29N3O3. The number of rotatable bonds is 6. The first-order valence-electron chi connectivity index (χ1n) is 11.0. The average Bonchev–Trinajstić information content (AvgIpc) is 3.09. The second-order valence-electron chi connectivity index (χ2n) is 8.39. The molecule has 2 aromatic carbocycles. The summed E-state index contributed by atoms with van der Waals surface area (Å²) >= 11 is 0. The third-order valence-corrected chi connectivity index (χ3v) is 6.28. The highest BCUT2D eigenvalue weighted by Gasteiger charge is 2.24. The van der Waals surface area contributed by atoms with Crippen LogP contribution in [0, 0.1) is 20.8 Å². The molecule has 2 heterocycles. The Kier molecular flexibility index (Phi) is 6.09. The Morgan fingerprint density at radius 3 is 2.52 bits per heavy atom. The number of aromatic nitrogens is 2. The average molecular weight is 444 g/mol. The fraction of sp³-hybridized carbons (Fsp3) is 0.259. The minimum atomic E-state index is -0.200. The smallest absolute Gasteiger partial charge is 0.254 e. The van der Waals surface area contributed by atoms with Crippen molar-refractivity contribution in [3.05, 3.63) is 98.6 Å². The van der Waals surface area contributed by atoms with Crippen molar-refractivity contribution in [2.45, 2.75) is 40.3 Å². The Morgan fingerprint density at radius 1 is 1.09 bits per heavy atom. The summed E-state index contributed by atoms with van der Waals surface area (Å²) in [6.45, 7) is 7.97. The van der Waals surface area contributed by atoms with E-state index in [4.69, 9.17) is 4.74 Å². The monoisotopic (exact) mass is 443 g/mol. The van der Waals surface area contributed by atoms with Crippen LogP contribution in [-0.4, -0.2) is 22.6 Å². The van der Waals surface area contributed by atoms with Gasteiger partial charge in [-0.3, -0.25) is 9.59 Å². The lowest BCUT2D eigenvalue weighted by Gasteiger charge is -2.20. The Hall–Kier alpha value is -3.80. The van der Waals surface area contributed by atoms with E-state index in [-0.39, 0.29) is 24.1 Å². The number of aromatic amines is 1. The normalized spacial score (nSPS) is 12.0. The molecule has 1 amide bonds. The number of benzene rings is 2. The van der Waals surface area contributed by atoms with Gasteiger partial charge in [-0.25, -0.2) is 0 Å². The predicted octanol–water partition coefficient (Wildman–Crippen LogP) is 4.80. The van der Waals surface area contributed by atoms with Crippen molar-refractivity contribution in [3.63, 3.8) is 0 Å². The summed E-state index contributed by atoms with van der Waals surface area (Å²) in [5, 5.41) is 3.85. The highest BCUT2D eigenvalue weighted by atomic mass is 16.5. The zero-order valence-electron chi connectivity index (χ0n) is 19.7. The van der Waals surface area contributed by atoms with Crippen molar-refractivity contribution in [2.24, 2.45) is 0 Å². The first-order chi connectivity index (χ1) is 15.8. The topological polar surface area (TPSA) is 76.1 Å². The molecule has 0 saturated heterocycles. The van der Waals surface area contributed by atoms with Gasteiger partial charge < -0.3 is 19.6 Å². The number of carbonyl (C=O) groups excluding carboxylic acids is 1.